The van der Waals surface area contributed by atoms with Crippen LogP contribution in [0.2, 0.25) is 0 Å². The summed E-state index contributed by atoms with van der Waals surface area (Å²) in [5.41, 5.74) is 5.35. The lowest BCUT2D eigenvalue weighted by Gasteiger charge is -2.15. The van der Waals surface area contributed by atoms with Gasteiger partial charge >= 0.3 is 0 Å². The molecule has 1 amide bonds. The molecule has 1 unspecified atom stereocenters. The van der Waals surface area contributed by atoms with Crippen LogP contribution in [-0.4, -0.2) is 25.4 Å². The van der Waals surface area contributed by atoms with E-state index in [-0.39, 0.29) is 17.7 Å². The van der Waals surface area contributed by atoms with Gasteiger partial charge < -0.3 is 15.2 Å². The van der Waals surface area contributed by atoms with Crippen LogP contribution in [0.5, 0.6) is 11.5 Å². The Morgan fingerprint density at radius 1 is 1.61 bits per heavy atom. The second kappa shape index (κ2) is 6.25. The average molecular weight is 248 g/mol. The molecule has 0 saturated carbocycles. The maximum Gasteiger partial charge on any atom is 0.259 e. The Kier molecular flexibility index (Phi) is 4.69. The highest BCUT2D eigenvalue weighted by molar-refractivity contribution is 5.82. The van der Waals surface area contributed by atoms with E-state index < -0.39 is 12.0 Å². The molecule has 1 aromatic carbocycles. The molecule has 0 heterocycles. The highest BCUT2D eigenvalue weighted by atomic mass is 16.5. The third kappa shape index (κ3) is 3.22. The number of hydrogen-bond acceptors (Lipinski definition) is 5. The minimum Gasteiger partial charge on any atom is -0.497 e. The minimum absolute atomic E-state index is 0.156. The lowest BCUT2D eigenvalue weighted by atomic mass is 10.2. The summed E-state index contributed by atoms with van der Waals surface area (Å²) in [5, 5.41) is 8.56. The van der Waals surface area contributed by atoms with Crippen molar-refractivity contribution in [1.29, 1.82) is 5.26 Å². The first kappa shape index (κ1) is 13.5. The molecule has 18 heavy (non-hydrogen) atoms. The summed E-state index contributed by atoms with van der Waals surface area (Å²) in [7, 11) is 1.46. The number of methoxy groups -OCH3 is 1. The van der Waals surface area contributed by atoms with E-state index in [9.17, 15) is 9.59 Å². The van der Waals surface area contributed by atoms with Gasteiger partial charge in [0.25, 0.3) is 5.91 Å². The van der Waals surface area contributed by atoms with Crippen LogP contribution < -0.4 is 15.2 Å². The van der Waals surface area contributed by atoms with Crippen molar-refractivity contribution in [2.24, 2.45) is 5.73 Å². The fraction of sp³-hybridized carbons (Fsp3) is 0.250. The summed E-state index contributed by atoms with van der Waals surface area (Å²) in [5.74, 6) is -0.143. The van der Waals surface area contributed by atoms with E-state index in [4.69, 9.17) is 20.5 Å². The largest absolute Gasteiger partial charge is 0.497 e. The summed E-state index contributed by atoms with van der Waals surface area (Å²) >= 11 is 0. The van der Waals surface area contributed by atoms with Crippen LogP contribution >= 0.6 is 0 Å². The summed E-state index contributed by atoms with van der Waals surface area (Å²) < 4.78 is 10.3. The second-order valence-electron chi connectivity index (χ2n) is 3.39. The van der Waals surface area contributed by atoms with Gasteiger partial charge in [0.15, 0.2) is 12.4 Å². The van der Waals surface area contributed by atoms with Gasteiger partial charge in [-0.15, -0.1) is 0 Å². The standard InChI is InChI=1S/C12H12N2O4/c1-17-9-3-2-8(7-15)11(6-9)18-10(4-5-13)12(14)16/h2-3,6-7,10H,4H2,1H3,(H2,14,16). The Balaban J connectivity index is 3.03. The molecule has 1 aromatic rings. The molecule has 1 rings (SSSR count). The van der Waals surface area contributed by atoms with Crippen LogP contribution in [0.15, 0.2) is 18.2 Å². The normalized spacial score (nSPS) is 11.1. The van der Waals surface area contributed by atoms with Gasteiger partial charge in [0.05, 0.1) is 25.2 Å². The maximum atomic E-state index is 11.1. The summed E-state index contributed by atoms with van der Waals surface area (Å²) in [4.78, 5) is 21.9. The van der Waals surface area contributed by atoms with Gasteiger partial charge in [-0.3, -0.25) is 9.59 Å². The van der Waals surface area contributed by atoms with Crippen molar-refractivity contribution < 1.29 is 19.1 Å². The highest BCUT2D eigenvalue weighted by Gasteiger charge is 2.18. The molecule has 0 aliphatic carbocycles. The van der Waals surface area contributed by atoms with Crippen LogP contribution in [-0.2, 0) is 4.79 Å². The molecule has 1 atom stereocenters. The molecule has 0 aromatic heterocycles. The van der Waals surface area contributed by atoms with Gasteiger partial charge in [-0.05, 0) is 12.1 Å². The number of nitrogens with zero attached hydrogens (tertiary/aromatic N) is 1. The van der Waals surface area contributed by atoms with E-state index in [0.29, 0.717) is 12.0 Å². The zero-order chi connectivity index (χ0) is 13.5. The van der Waals surface area contributed by atoms with Gasteiger partial charge in [-0.1, -0.05) is 0 Å². The molecule has 0 fully saturated rings. The zero-order valence-electron chi connectivity index (χ0n) is 9.75. The lowest BCUT2D eigenvalue weighted by molar-refractivity contribution is -0.124. The van der Waals surface area contributed by atoms with Crippen molar-refractivity contribution in [3.05, 3.63) is 23.8 Å². The van der Waals surface area contributed by atoms with E-state index in [2.05, 4.69) is 0 Å². The highest BCUT2D eigenvalue weighted by Crippen LogP contribution is 2.24. The number of hydrogen-bond donors (Lipinski definition) is 1. The van der Waals surface area contributed by atoms with Gasteiger partial charge in [-0.25, -0.2) is 0 Å². The van der Waals surface area contributed by atoms with Gasteiger partial charge in [0, 0.05) is 6.07 Å². The third-order valence-electron chi connectivity index (χ3n) is 2.21. The molecule has 0 bridgehead atoms. The Morgan fingerprint density at radius 3 is 2.83 bits per heavy atom. The van der Waals surface area contributed by atoms with Crippen molar-refractivity contribution in [2.45, 2.75) is 12.5 Å². The van der Waals surface area contributed by atoms with Gasteiger partial charge in [0.1, 0.15) is 11.5 Å². The van der Waals surface area contributed by atoms with Gasteiger partial charge in [-0.2, -0.15) is 5.26 Å². The number of benzene rings is 1. The molecule has 6 nitrogen and oxygen atoms in total. The number of carbonyl (C=O) groups is 2. The Hall–Kier alpha value is -2.55. The number of rotatable bonds is 6. The van der Waals surface area contributed by atoms with Crippen LogP contribution in [0, 0.1) is 11.3 Å². The molecule has 0 saturated heterocycles. The quantitative estimate of drug-likeness (QED) is 0.745. The van der Waals surface area contributed by atoms with E-state index in [0.717, 1.165) is 0 Å². The zero-order valence-corrected chi connectivity index (χ0v) is 9.75. The van der Waals surface area contributed by atoms with Crippen LogP contribution in [0.3, 0.4) is 0 Å². The second-order valence-corrected chi connectivity index (χ2v) is 3.39. The monoisotopic (exact) mass is 248 g/mol. The molecule has 2 N–H and O–H groups in total. The lowest BCUT2D eigenvalue weighted by Crippen LogP contribution is -2.33. The van der Waals surface area contributed by atoms with Gasteiger partial charge in [0.2, 0.25) is 0 Å². The predicted molar refractivity (Wildman–Crippen MR) is 62.2 cm³/mol. The Morgan fingerprint density at radius 2 is 2.33 bits per heavy atom. The van der Waals surface area contributed by atoms with E-state index in [1.165, 1.54) is 19.2 Å². The predicted octanol–water partition coefficient (Wildman–Crippen LogP) is 0.654. The van der Waals surface area contributed by atoms with Crippen LogP contribution in [0.4, 0.5) is 0 Å². The molecule has 0 aliphatic rings. The Labute approximate surface area is 104 Å². The van der Waals surface area contributed by atoms with Crippen LogP contribution in [0.25, 0.3) is 0 Å². The minimum atomic E-state index is -1.10. The summed E-state index contributed by atoms with van der Waals surface area (Å²) in [6.07, 6.45) is -0.704. The maximum absolute atomic E-state index is 11.1. The Bertz CT molecular complexity index is 493. The van der Waals surface area contributed by atoms with E-state index in [1.807, 2.05) is 0 Å². The number of aldehydes is 1. The average Bonchev–Trinajstić information content (AvgIpc) is 2.37. The van der Waals surface area contributed by atoms with Crippen molar-refractivity contribution >= 4 is 12.2 Å². The summed E-state index contributed by atoms with van der Waals surface area (Å²) in [6, 6.07) is 6.32. The number of amides is 1. The number of nitriles is 1. The smallest absolute Gasteiger partial charge is 0.259 e. The topological polar surface area (TPSA) is 102 Å². The molecule has 0 radical (unpaired) electrons. The van der Waals surface area contributed by atoms with E-state index >= 15 is 0 Å². The molecular formula is C12H12N2O4. The molecule has 6 heteroatoms. The van der Waals surface area contributed by atoms with Crippen molar-refractivity contribution in [2.75, 3.05) is 7.11 Å². The van der Waals surface area contributed by atoms with E-state index in [1.54, 1.807) is 12.1 Å². The molecule has 0 spiro atoms. The first-order valence-electron chi connectivity index (χ1n) is 5.08. The van der Waals surface area contributed by atoms with Crippen molar-refractivity contribution in [3.8, 4) is 17.6 Å². The molecule has 0 aliphatic heterocycles. The summed E-state index contributed by atoms with van der Waals surface area (Å²) in [6.45, 7) is 0. The molecular weight excluding hydrogens is 236 g/mol. The van der Waals surface area contributed by atoms with Crippen molar-refractivity contribution in [3.63, 3.8) is 0 Å². The number of nitrogens with two attached hydrogens (primary N) is 1. The molecule has 94 valence electrons. The first-order valence-corrected chi connectivity index (χ1v) is 5.08. The number of primary amides is 1. The number of carbonyl (C=O) groups excluding carboxylic acids is 2. The van der Waals surface area contributed by atoms with Crippen LogP contribution in [0.1, 0.15) is 16.8 Å². The number of ether oxygens (including phenoxy) is 2. The van der Waals surface area contributed by atoms with Crippen molar-refractivity contribution in [1.82, 2.24) is 0 Å². The fourth-order valence-electron chi connectivity index (χ4n) is 1.28. The fourth-order valence-corrected chi connectivity index (χ4v) is 1.28. The third-order valence-corrected chi connectivity index (χ3v) is 2.21. The SMILES string of the molecule is COc1ccc(C=O)c(OC(CC#N)C(N)=O)c1. The first-order chi connectivity index (χ1) is 8.62.